The number of hydrogen-bond donors (Lipinski definition) is 1. The molecule has 1 aromatic rings. The highest BCUT2D eigenvalue weighted by Crippen LogP contribution is 1.98. The fraction of sp³-hybridized carbons (Fsp3) is 0.125. The lowest BCUT2D eigenvalue weighted by Gasteiger charge is -1.91. The van der Waals surface area contributed by atoms with Crippen molar-refractivity contribution in [3.63, 3.8) is 0 Å². The summed E-state index contributed by atoms with van der Waals surface area (Å²) in [4.78, 5) is 20.8. The average Bonchev–Trinajstić information content (AvgIpc) is 2.47. The lowest BCUT2D eigenvalue weighted by Crippen LogP contribution is -2.08. The van der Waals surface area contributed by atoms with Crippen molar-refractivity contribution in [2.24, 2.45) is 7.05 Å². The smallest absolute Gasteiger partial charge is 0.376 e. The molecule has 1 N–H and O–H groups in total. The van der Waals surface area contributed by atoms with Gasteiger partial charge < -0.3 is 5.11 Å². The van der Waals surface area contributed by atoms with Gasteiger partial charge in [0.05, 0.1) is 5.69 Å². The second-order valence-electron chi connectivity index (χ2n) is 2.38. The summed E-state index contributed by atoms with van der Waals surface area (Å²) in [6.45, 7) is 0. The van der Waals surface area contributed by atoms with E-state index in [9.17, 15) is 9.59 Å². The molecule has 0 fully saturated rings. The van der Waals surface area contributed by atoms with E-state index in [-0.39, 0.29) is 0 Å². The lowest BCUT2D eigenvalue weighted by molar-refractivity contribution is -0.146. The maximum absolute atomic E-state index is 10.6. The van der Waals surface area contributed by atoms with Crippen LogP contribution in [0.15, 0.2) is 18.3 Å². The van der Waals surface area contributed by atoms with Crippen LogP contribution in [-0.2, 0) is 16.6 Å². The number of carbonyl (C=O) groups is 2. The van der Waals surface area contributed by atoms with Crippen LogP contribution in [0, 0.1) is 0 Å². The van der Waals surface area contributed by atoms with Crippen molar-refractivity contribution in [1.29, 1.82) is 0 Å². The normalized spacial score (nSPS) is 10.5. The second-order valence-corrected chi connectivity index (χ2v) is 2.38. The molecule has 0 bridgehead atoms. The van der Waals surface area contributed by atoms with E-state index in [1.165, 1.54) is 10.8 Å². The molecule has 0 aliphatic heterocycles. The third kappa shape index (κ3) is 2.26. The van der Waals surface area contributed by atoms with Crippen LogP contribution < -0.4 is 0 Å². The molecule has 1 rings (SSSR count). The molecule has 0 saturated heterocycles. The van der Waals surface area contributed by atoms with Gasteiger partial charge in [-0.2, -0.15) is 5.10 Å². The van der Waals surface area contributed by atoms with Gasteiger partial charge in [-0.05, 0) is 18.2 Å². The fourth-order valence-electron chi connectivity index (χ4n) is 0.780. The van der Waals surface area contributed by atoms with Crippen LogP contribution >= 0.6 is 0 Å². The first-order chi connectivity index (χ1) is 6.11. The third-order valence-electron chi connectivity index (χ3n) is 1.48. The van der Waals surface area contributed by atoms with Crippen LogP contribution in [0.5, 0.6) is 0 Å². The molecule has 0 amide bonds. The van der Waals surface area contributed by atoms with E-state index in [0.29, 0.717) is 5.69 Å². The molecule has 0 aromatic carbocycles. The Hall–Kier alpha value is -1.91. The summed E-state index contributed by atoms with van der Waals surface area (Å²) in [6, 6.07) is 1.67. The molecule has 0 unspecified atom stereocenters. The van der Waals surface area contributed by atoms with Crippen LogP contribution in [0.2, 0.25) is 0 Å². The first kappa shape index (κ1) is 9.18. The molecule has 0 spiro atoms. The van der Waals surface area contributed by atoms with Gasteiger partial charge in [-0.1, -0.05) is 0 Å². The van der Waals surface area contributed by atoms with E-state index in [1.807, 2.05) is 0 Å². The monoisotopic (exact) mass is 180 g/mol. The molecule has 0 atom stereocenters. The molecule has 68 valence electrons. The van der Waals surface area contributed by atoms with Gasteiger partial charge in [0, 0.05) is 13.2 Å². The zero-order valence-electron chi connectivity index (χ0n) is 6.97. The van der Waals surface area contributed by atoms with Crippen molar-refractivity contribution in [2.45, 2.75) is 0 Å². The number of hydrogen-bond acceptors (Lipinski definition) is 3. The van der Waals surface area contributed by atoms with Gasteiger partial charge in [0.15, 0.2) is 0 Å². The summed E-state index contributed by atoms with van der Waals surface area (Å²) in [7, 11) is 1.70. The Kier molecular flexibility index (Phi) is 2.59. The molecular formula is C8H8N2O3. The summed E-state index contributed by atoms with van der Waals surface area (Å²) in [5.74, 6) is -2.40. The average molecular weight is 180 g/mol. The zero-order valence-corrected chi connectivity index (χ0v) is 6.97. The van der Waals surface area contributed by atoms with Crippen LogP contribution in [0.25, 0.3) is 6.08 Å². The fourth-order valence-corrected chi connectivity index (χ4v) is 0.780. The molecule has 0 aliphatic carbocycles. The second kappa shape index (κ2) is 3.66. The number of carboxylic acids is 1. The number of rotatable bonds is 3. The number of ketones is 1. The maximum Gasteiger partial charge on any atom is 0.376 e. The van der Waals surface area contributed by atoms with Crippen LogP contribution in [-0.4, -0.2) is 26.6 Å². The summed E-state index contributed by atoms with van der Waals surface area (Å²) in [5.41, 5.74) is 0.676. The van der Waals surface area contributed by atoms with Crippen LogP contribution in [0.1, 0.15) is 5.69 Å². The van der Waals surface area contributed by atoms with Gasteiger partial charge in [-0.25, -0.2) is 4.79 Å². The van der Waals surface area contributed by atoms with Gasteiger partial charge in [-0.15, -0.1) is 0 Å². The van der Waals surface area contributed by atoms with Gasteiger partial charge in [0.1, 0.15) is 0 Å². The predicted molar refractivity (Wildman–Crippen MR) is 44.9 cm³/mol. The third-order valence-corrected chi connectivity index (χ3v) is 1.48. The van der Waals surface area contributed by atoms with Crippen molar-refractivity contribution < 1.29 is 14.7 Å². The highest BCUT2D eigenvalue weighted by atomic mass is 16.4. The van der Waals surface area contributed by atoms with Gasteiger partial charge >= 0.3 is 5.97 Å². The zero-order chi connectivity index (χ0) is 9.84. The number of aromatic nitrogens is 2. The Bertz CT molecular complexity index is 365. The van der Waals surface area contributed by atoms with E-state index in [2.05, 4.69) is 5.10 Å². The highest BCUT2D eigenvalue weighted by molar-refractivity contribution is 6.38. The van der Waals surface area contributed by atoms with Gasteiger partial charge in [-0.3, -0.25) is 9.48 Å². The molecule has 13 heavy (non-hydrogen) atoms. The van der Waals surface area contributed by atoms with E-state index >= 15 is 0 Å². The molecule has 0 saturated carbocycles. The molecule has 1 heterocycles. The van der Waals surface area contributed by atoms with Crippen LogP contribution in [0.4, 0.5) is 0 Å². The number of nitrogens with zero attached hydrogens (tertiary/aromatic N) is 2. The van der Waals surface area contributed by atoms with Crippen molar-refractivity contribution in [3.8, 4) is 0 Å². The number of carbonyl (C=O) groups excluding carboxylic acids is 1. The van der Waals surface area contributed by atoms with E-state index < -0.39 is 11.8 Å². The van der Waals surface area contributed by atoms with Crippen molar-refractivity contribution >= 4 is 17.8 Å². The topological polar surface area (TPSA) is 72.2 Å². The van der Waals surface area contributed by atoms with E-state index in [4.69, 9.17) is 5.11 Å². The first-order valence-electron chi connectivity index (χ1n) is 3.54. The largest absolute Gasteiger partial charge is 0.475 e. The summed E-state index contributed by atoms with van der Waals surface area (Å²) >= 11 is 0. The Labute approximate surface area is 74.3 Å². The van der Waals surface area contributed by atoms with Gasteiger partial charge in [0.2, 0.25) is 0 Å². The quantitative estimate of drug-likeness (QED) is 0.528. The van der Waals surface area contributed by atoms with Crippen molar-refractivity contribution in [2.75, 3.05) is 0 Å². The minimum Gasteiger partial charge on any atom is -0.475 e. The van der Waals surface area contributed by atoms with Crippen molar-refractivity contribution in [1.82, 2.24) is 9.78 Å². The molecular weight excluding hydrogens is 172 g/mol. The lowest BCUT2D eigenvalue weighted by atomic mass is 10.3. The minimum atomic E-state index is -1.46. The van der Waals surface area contributed by atoms with Gasteiger partial charge in [0.25, 0.3) is 5.78 Å². The predicted octanol–water partition coefficient (Wildman–Crippen LogP) is 0.0870. The molecule has 0 aliphatic rings. The Morgan fingerprint density at radius 2 is 2.31 bits per heavy atom. The number of carboxylic acid groups (broad SMARTS) is 1. The summed E-state index contributed by atoms with van der Waals surface area (Å²) in [5, 5.41) is 12.1. The Balaban J connectivity index is 2.75. The van der Waals surface area contributed by atoms with Crippen LogP contribution in [0.3, 0.4) is 0 Å². The minimum absolute atomic E-state index is 0.676. The summed E-state index contributed by atoms with van der Waals surface area (Å²) in [6.07, 6.45) is 3.97. The molecule has 5 heteroatoms. The first-order valence-corrected chi connectivity index (χ1v) is 3.54. The summed E-state index contributed by atoms with van der Waals surface area (Å²) < 4.78 is 1.53. The number of aryl methyl sites for hydroxylation is 1. The Morgan fingerprint density at radius 3 is 2.77 bits per heavy atom. The highest BCUT2D eigenvalue weighted by Gasteiger charge is 2.05. The van der Waals surface area contributed by atoms with E-state index in [0.717, 1.165) is 6.08 Å². The standard InChI is InChI=1S/C8H8N2O3/c1-10-6(4-5-9-10)2-3-7(11)8(12)13/h2-5H,1H3,(H,12,13)/b3-2+. The molecule has 0 radical (unpaired) electrons. The van der Waals surface area contributed by atoms with E-state index in [1.54, 1.807) is 19.3 Å². The van der Waals surface area contributed by atoms with Crippen molar-refractivity contribution in [3.05, 3.63) is 24.0 Å². The Morgan fingerprint density at radius 1 is 1.62 bits per heavy atom. The molecule has 5 nitrogen and oxygen atoms in total. The SMILES string of the molecule is Cn1nccc1/C=C/C(=O)C(=O)O. The molecule has 1 aromatic heterocycles. The maximum atomic E-state index is 10.6. The number of aliphatic carboxylic acids is 1.